The maximum absolute atomic E-state index is 13.0. The van der Waals surface area contributed by atoms with Crippen LogP contribution in [0.25, 0.3) is 27.7 Å². The smallest absolute Gasteiger partial charge is 0.259 e. The van der Waals surface area contributed by atoms with Crippen LogP contribution in [0.1, 0.15) is 10.4 Å². The van der Waals surface area contributed by atoms with Gasteiger partial charge in [-0.2, -0.15) is 10.1 Å². The van der Waals surface area contributed by atoms with Gasteiger partial charge < -0.3 is 25.4 Å². The van der Waals surface area contributed by atoms with Gasteiger partial charge in [-0.15, -0.1) is 0 Å². The van der Waals surface area contributed by atoms with E-state index >= 15 is 0 Å². The lowest BCUT2D eigenvalue weighted by molar-refractivity contribution is 0.102. The number of likely N-dealkylation sites (N-methyl/N-ethyl adjacent to an activating group) is 1. The van der Waals surface area contributed by atoms with Gasteiger partial charge in [0.2, 0.25) is 5.95 Å². The van der Waals surface area contributed by atoms with Crippen molar-refractivity contribution in [3.8, 4) is 11.1 Å². The summed E-state index contributed by atoms with van der Waals surface area (Å²) in [5, 5.41) is 11.3. The minimum atomic E-state index is -0.255. The molecule has 1 aliphatic rings. The summed E-state index contributed by atoms with van der Waals surface area (Å²) < 4.78 is 1.68. The zero-order chi connectivity index (χ0) is 27.8. The number of hydrogen-bond donors (Lipinski definition) is 3. The highest BCUT2D eigenvalue weighted by atomic mass is 16.1. The van der Waals surface area contributed by atoms with Crippen LogP contribution in [-0.2, 0) is 0 Å². The van der Waals surface area contributed by atoms with Gasteiger partial charge in [-0.25, -0.2) is 14.5 Å². The molecular weight excluding hydrogens is 518 g/mol. The van der Waals surface area contributed by atoms with Crippen molar-refractivity contribution >= 4 is 45.6 Å². The number of nitrogens with zero attached hydrogens (tertiary/aromatic N) is 8. The summed E-state index contributed by atoms with van der Waals surface area (Å²) in [6.07, 6.45) is 12.2. The molecule has 0 bridgehead atoms. The lowest BCUT2D eigenvalue weighted by atomic mass is 10.1. The fraction of sp³-hybridized carbons (Fsp3) is 0.172. The molecule has 0 aliphatic carbocycles. The van der Waals surface area contributed by atoms with Gasteiger partial charge in [0.15, 0.2) is 0 Å². The van der Waals surface area contributed by atoms with Crippen molar-refractivity contribution in [2.24, 2.45) is 0 Å². The normalized spacial score (nSPS) is 14.0. The number of piperazine rings is 1. The summed E-state index contributed by atoms with van der Waals surface area (Å²) >= 11 is 0. The summed E-state index contributed by atoms with van der Waals surface area (Å²) in [6, 6.07) is 11.5. The van der Waals surface area contributed by atoms with Crippen LogP contribution in [0.15, 0.2) is 79.8 Å². The highest BCUT2D eigenvalue weighted by Gasteiger charge is 2.17. The summed E-state index contributed by atoms with van der Waals surface area (Å²) in [5.41, 5.74) is 5.11. The quantitative estimate of drug-likeness (QED) is 0.286. The Hall–Kier alpha value is -5.36. The first-order chi connectivity index (χ1) is 20.1. The first-order valence-corrected chi connectivity index (χ1v) is 13.3. The molecule has 1 amide bonds. The van der Waals surface area contributed by atoms with E-state index in [0.29, 0.717) is 28.4 Å². The van der Waals surface area contributed by atoms with Crippen LogP contribution in [0.4, 0.5) is 23.1 Å². The van der Waals surface area contributed by atoms with E-state index in [2.05, 4.69) is 57.5 Å². The Balaban J connectivity index is 1.11. The molecule has 6 aromatic rings. The van der Waals surface area contributed by atoms with Gasteiger partial charge in [-0.3, -0.25) is 9.78 Å². The Morgan fingerprint density at radius 3 is 2.68 bits per heavy atom. The Bertz CT molecular complexity index is 1840. The van der Waals surface area contributed by atoms with Gasteiger partial charge in [0.1, 0.15) is 11.5 Å². The van der Waals surface area contributed by atoms with Crippen LogP contribution in [-0.4, -0.2) is 78.6 Å². The molecule has 6 aromatic heterocycles. The van der Waals surface area contributed by atoms with Gasteiger partial charge in [0.25, 0.3) is 5.91 Å². The summed E-state index contributed by atoms with van der Waals surface area (Å²) in [5.74, 6) is 1.19. The number of carbonyl (C=O) groups excluding carboxylic acids is 1. The summed E-state index contributed by atoms with van der Waals surface area (Å²) in [7, 11) is 2.14. The number of rotatable bonds is 6. The Labute approximate surface area is 235 Å². The molecule has 1 saturated heterocycles. The van der Waals surface area contributed by atoms with Crippen molar-refractivity contribution in [3.05, 3.63) is 85.3 Å². The molecule has 0 spiro atoms. The summed E-state index contributed by atoms with van der Waals surface area (Å²) in [6.45, 7) is 4.01. The van der Waals surface area contributed by atoms with E-state index in [-0.39, 0.29) is 5.91 Å². The van der Waals surface area contributed by atoms with E-state index in [1.165, 1.54) is 0 Å². The first-order valence-electron chi connectivity index (χ1n) is 13.3. The molecule has 0 radical (unpaired) electrons. The molecule has 1 fully saturated rings. The number of aromatic amines is 1. The van der Waals surface area contributed by atoms with E-state index in [0.717, 1.165) is 54.2 Å². The van der Waals surface area contributed by atoms with E-state index < -0.39 is 0 Å². The molecule has 12 nitrogen and oxygen atoms in total. The second-order valence-electron chi connectivity index (χ2n) is 9.98. The zero-order valence-electron chi connectivity index (χ0n) is 22.3. The molecule has 0 aromatic carbocycles. The van der Waals surface area contributed by atoms with Gasteiger partial charge in [-0.05, 0) is 49.0 Å². The van der Waals surface area contributed by atoms with Crippen LogP contribution in [0.3, 0.4) is 0 Å². The molecule has 0 atom stereocenters. The average Bonchev–Trinajstić information content (AvgIpc) is 3.62. The molecule has 7 rings (SSSR count). The molecule has 12 heteroatoms. The number of pyridine rings is 3. The number of H-pyrrole nitrogens is 1. The number of amides is 1. The Morgan fingerprint density at radius 1 is 0.976 bits per heavy atom. The van der Waals surface area contributed by atoms with Gasteiger partial charge in [0, 0.05) is 61.9 Å². The number of anilines is 4. The van der Waals surface area contributed by atoms with Crippen molar-refractivity contribution in [1.82, 2.24) is 39.4 Å². The summed E-state index contributed by atoms with van der Waals surface area (Å²) in [4.78, 5) is 38.7. The fourth-order valence-electron chi connectivity index (χ4n) is 4.98. The number of hydrogen-bond acceptors (Lipinski definition) is 9. The maximum atomic E-state index is 13.0. The molecule has 7 heterocycles. The molecular formula is C29H27N11O. The number of nitrogens with one attached hydrogen (secondary N) is 3. The highest BCUT2D eigenvalue weighted by Crippen LogP contribution is 2.30. The second kappa shape index (κ2) is 10.3. The lowest BCUT2D eigenvalue weighted by Crippen LogP contribution is -2.44. The predicted octanol–water partition coefficient (Wildman–Crippen LogP) is 3.81. The maximum Gasteiger partial charge on any atom is 0.259 e. The third-order valence-electron chi connectivity index (χ3n) is 7.26. The number of carbonyl (C=O) groups is 1. The third kappa shape index (κ3) is 4.92. The van der Waals surface area contributed by atoms with Gasteiger partial charge >= 0.3 is 0 Å². The van der Waals surface area contributed by atoms with E-state index in [9.17, 15) is 4.79 Å². The van der Waals surface area contributed by atoms with Gasteiger partial charge in [0.05, 0.1) is 41.0 Å². The molecule has 1 aliphatic heterocycles. The average molecular weight is 546 g/mol. The number of fused-ring (bicyclic) bond motifs is 2. The minimum absolute atomic E-state index is 0.255. The van der Waals surface area contributed by atoms with Crippen LogP contribution >= 0.6 is 0 Å². The molecule has 204 valence electrons. The third-order valence-corrected chi connectivity index (χ3v) is 7.26. The van der Waals surface area contributed by atoms with Crippen molar-refractivity contribution < 1.29 is 4.79 Å². The SMILES string of the molecule is CN1CCN(c2ccc(Nc3ncc4c(-c5ccn6ncc(C(=O)Nc7cccnc7)c6c5)c[nH]c4n3)cn2)CC1. The van der Waals surface area contributed by atoms with E-state index in [1.54, 1.807) is 41.4 Å². The van der Waals surface area contributed by atoms with Gasteiger partial charge in [-0.1, -0.05) is 0 Å². The van der Waals surface area contributed by atoms with Crippen molar-refractivity contribution in [2.45, 2.75) is 0 Å². The van der Waals surface area contributed by atoms with Crippen molar-refractivity contribution in [1.29, 1.82) is 0 Å². The van der Waals surface area contributed by atoms with Crippen LogP contribution in [0.5, 0.6) is 0 Å². The minimum Gasteiger partial charge on any atom is -0.354 e. The Morgan fingerprint density at radius 2 is 1.88 bits per heavy atom. The second-order valence-corrected chi connectivity index (χ2v) is 9.98. The standard InChI is InChI=1S/C29H27N11O/c1-38-9-11-39(12-10-38)26-5-4-21(15-31-26)36-29-33-17-23-22(16-32-27(23)37-29)19-6-8-40-25(13-19)24(18-34-40)28(41)35-20-3-2-7-30-14-20/h2-8,13-18H,9-12H2,1H3,(H,35,41)(H2,32,33,36,37). The predicted molar refractivity (Wildman–Crippen MR) is 157 cm³/mol. The Kier molecular flexibility index (Phi) is 6.21. The van der Waals surface area contributed by atoms with Crippen molar-refractivity contribution in [3.63, 3.8) is 0 Å². The van der Waals surface area contributed by atoms with Crippen LogP contribution < -0.4 is 15.5 Å². The first kappa shape index (κ1) is 24.7. The molecule has 3 N–H and O–H groups in total. The van der Waals surface area contributed by atoms with Crippen LogP contribution in [0, 0.1) is 0 Å². The lowest BCUT2D eigenvalue weighted by Gasteiger charge is -2.33. The highest BCUT2D eigenvalue weighted by molar-refractivity contribution is 6.09. The topological polar surface area (TPSA) is 132 Å². The largest absolute Gasteiger partial charge is 0.354 e. The van der Waals surface area contributed by atoms with E-state index in [1.807, 2.05) is 42.9 Å². The molecule has 0 unspecified atom stereocenters. The fourth-order valence-corrected chi connectivity index (χ4v) is 4.98. The van der Waals surface area contributed by atoms with Crippen molar-refractivity contribution in [2.75, 3.05) is 48.8 Å². The number of aromatic nitrogens is 7. The van der Waals surface area contributed by atoms with E-state index in [4.69, 9.17) is 0 Å². The monoisotopic (exact) mass is 545 g/mol. The molecule has 41 heavy (non-hydrogen) atoms. The molecule has 0 saturated carbocycles. The zero-order valence-corrected chi connectivity index (χ0v) is 22.3. The van der Waals surface area contributed by atoms with Crippen LogP contribution in [0.2, 0.25) is 0 Å².